The first-order valence-electron chi connectivity index (χ1n) is 7.51. The second-order valence-corrected chi connectivity index (χ2v) is 5.60. The maximum absolute atomic E-state index is 12.2. The Balaban J connectivity index is 2.01. The average molecular weight is 332 g/mol. The molecule has 0 spiro atoms. The monoisotopic (exact) mass is 332 g/mol. The highest BCUT2D eigenvalue weighted by Crippen LogP contribution is 2.12. The fraction of sp³-hybridized carbons (Fsp3) is 0.400. The number of nitrogens with one attached hydrogen (secondary N) is 1. The van der Waals surface area contributed by atoms with E-state index in [0.29, 0.717) is 11.3 Å². The van der Waals surface area contributed by atoms with Crippen LogP contribution in [0.3, 0.4) is 0 Å². The van der Waals surface area contributed by atoms with Crippen LogP contribution in [-0.4, -0.2) is 44.7 Å². The molecule has 3 N–H and O–H groups in total. The van der Waals surface area contributed by atoms with Crippen molar-refractivity contribution in [1.82, 2.24) is 25.5 Å². The molecule has 128 valence electrons. The molecule has 0 saturated carbocycles. The molecule has 9 heteroatoms. The van der Waals surface area contributed by atoms with Gasteiger partial charge in [0, 0.05) is 12.1 Å². The first-order chi connectivity index (χ1) is 11.4. The minimum atomic E-state index is -0.435. The zero-order chi connectivity index (χ0) is 17.7. The molecule has 1 heterocycles. The number of esters is 1. The van der Waals surface area contributed by atoms with E-state index in [4.69, 9.17) is 10.5 Å². The van der Waals surface area contributed by atoms with E-state index in [1.54, 1.807) is 45.0 Å². The van der Waals surface area contributed by atoms with E-state index in [1.807, 2.05) is 0 Å². The summed E-state index contributed by atoms with van der Waals surface area (Å²) < 4.78 is 6.42. The predicted octanol–water partition coefficient (Wildman–Crippen LogP) is 0.562. The Morgan fingerprint density at radius 3 is 2.71 bits per heavy atom. The molecule has 0 aliphatic rings. The van der Waals surface area contributed by atoms with E-state index in [0.717, 1.165) is 0 Å². The number of amides is 1. The summed E-state index contributed by atoms with van der Waals surface area (Å²) in [5, 5.41) is 13.5. The van der Waals surface area contributed by atoms with Crippen molar-refractivity contribution in [3.05, 3.63) is 29.8 Å². The molecule has 0 radical (unpaired) electrons. The Hall–Kier alpha value is -2.97. The molecule has 1 unspecified atom stereocenters. The Morgan fingerprint density at radius 2 is 2.08 bits per heavy atom. The number of nitrogen functional groups attached to an aromatic ring is 1. The van der Waals surface area contributed by atoms with Gasteiger partial charge < -0.3 is 15.8 Å². The van der Waals surface area contributed by atoms with Crippen molar-refractivity contribution in [2.45, 2.75) is 26.9 Å². The van der Waals surface area contributed by atoms with Crippen LogP contribution in [0.1, 0.15) is 31.1 Å². The lowest BCUT2D eigenvalue weighted by Crippen LogP contribution is -2.33. The van der Waals surface area contributed by atoms with Crippen LogP contribution in [0.15, 0.2) is 24.3 Å². The summed E-state index contributed by atoms with van der Waals surface area (Å²) in [4.78, 5) is 24.0. The molecule has 24 heavy (non-hydrogen) atoms. The van der Waals surface area contributed by atoms with Crippen LogP contribution in [0, 0.1) is 5.92 Å². The van der Waals surface area contributed by atoms with E-state index in [9.17, 15) is 9.59 Å². The fourth-order valence-electron chi connectivity index (χ4n) is 1.94. The van der Waals surface area contributed by atoms with Crippen LogP contribution in [0.2, 0.25) is 0 Å². The van der Waals surface area contributed by atoms with Crippen molar-refractivity contribution in [3.8, 4) is 5.69 Å². The third-order valence-corrected chi connectivity index (χ3v) is 3.17. The SMILES string of the molecule is CC(C)OC(=O)C(C)CNC(=O)c1cccc(-n2nnnc2N)c1. The van der Waals surface area contributed by atoms with Gasteiger partial charge in [-0.1, -0.05) is 18.1 Å². The zero-order valence-corrected chi connectivity index (χ0v) is 13.8. The molecular weight excluding hydrogens is 312 g/mol. The highest BCUT2D eigenvalue weighted by molar-refractivity contribution is 5.95. The number of anilines is 1. The third kappa shape index (κ3) is 4.28. The highest BCUT2D eigenvalue weighted by Gasteiger charge is 2.17. The number of rotatable bonds is 6. The van der Waals surface area contributed by atoms with Crippen molar-refractivity contribution in [2.24, 2.45) is 5.92 Å². The minimum absolute atomic E-state index is 0.123. The molecule has 0 aliphatic heterocycles. The minimum Gasteiger partial charge on any atom is -0.463 e. The molecule has 1 aromatic carbocycles. The van der Waals surface area contributed by atoms with Crippen LogP contribution < -0.4 is 11.1 Å². The Bertz CT molecular complexity index is 728. The predicted molar refractivity (Wildman–Crippen MR) is 86.3 cm³/mol. The molecule has 2 aromatic rings. The van der Waals surface area contributed by atoms with E-state index < -0.39 is 5.92 Å². The smallest absolute Gasteiger partial charge is 0.310 e. The molecule has 2 rings (SSSR count). The lowest BCUT2D eigenvalue weighted by Gasteiger charge is -2.14. The summed E-state index contributed by atoms with van der Waals surface area (Å²) in [6, 6.07) is 6.68. The Kier molecular flexibility index (Phi) is 5.46. The summed E-state index contributed by atoms with van der Waals surface area (Å²) in [5.41, 5.74) is 6.62. The number of carbonyl (C=O) groups is 2. The number of ether oxygens (including phenoxy) is 1. The first-order valence-corrected chi connectivity index (χ1v) is 7.51. The Morgan fingerprint density at radius 1 is 1.33 bits per heavy atom. The standard InChI is InChI=1S/C15H20N6O3/c1-9(2)24-14(23)10(3)8-17-13(22)11-5-4-6-12(7-11)21-15(16)18-19-20-21/h4-7,9-10H,8H2,1-3H3,(H,17,22)(H2,16,18,20). The van der Waals surface area contributed by atoms with Gasteiger partial charge in [-0.05, 0) is 42.5 Å². The summed E-state index contributed by atoms with van der Waals surface area (Å²) in [6.45, 7) is 5.43. The number of benzene rings is 1. The molecular formula is C15H20N6O3. The van der Waals surface area contributed by atoms with Gasteiger partial charge in [-0.2, -0.15) is 4.68 Å². The number of nitrogens with two attached hydrogens (primary N) is 1. The number of nitrogens with zero attached hydrogens (tertiary/aromatic N) is 4. The zero-order valence-electron chi connectivity index (χ0n) is 13.8. The number of tetrazole rings is 1. The fourth-order valence-corrected chi connectivity index (χ4v) is 1.94. The maximum atomic E-state index is 12.2. The molecule has 0 fully saturated rings. The van der Waals surface area contributed by atoms with Gasteiger partial charge in [-0.15, -0.1) is 0 Å². The van der Waals surface area contributed by atoms with Gasteiger partial charge in [0.25, 0.3) is 5.91 Å². The molecule has 0 aliphatic carbocycles. The molecule has 0 bridgehead atoms. The van der Waals surface area contributed by atoms with Gasteiger partial charge in [0.05, 0.1) is 17.7 Å². The van der Waals surface area contributed by atoms with E-state index in [2.05, 4.69) is 20.8 Å². The molecule has 9 nitrogen and oxygen atoms in total. The number of aromatic nitrogens is 4. The van der Waals surface area contributed by atoms with Gasteiger partial charge in [0.1, 0.15) is 0 Å². The summed E-state index contributed by atoms with van der Waals surface area (Å²) in [6.07, 6.45) is -0.186. The number of hydrogen-bond donors (Lipinski definition) is 2. The summed E-state index contributed by atoms with van der Waals surface area (Å²) in [5.74, 6) is -0.972. The van der Waals surface area contributed by atoms with E-state index in [1.165, 1.54) is 4.68 Å². The van der Waals surface area contributed by atoms with Crippen LogP contribution in [0.25, 0.3) is 5.69 Å². The van der Waals surface area contributed by atoms with Crippen LogP contribution >= 0.6 is 0 Å². The molecule has 1 atom stereocenters. The van der Waals surface area contributed by atoms with Crippen molar-refractivity contribution < 1.29 is 14.3 Å². The molecule has 1 aromatic heterocycles. The number of carbonyl (C=O) groups excluding carboxylic acids is 2. The quantitative estimate of drug-likeness (QED) is 0.740. The van der Waals surface area contributed by atoms with Crippen molar-refractivity contribution in [1.29, 1.82) is 0 Å². The van der Waals surface area contributed by atoms with Gasteiger partial charge in [0.2, 0.25) is 5.95 Å². The second kappa shape index (κ2) is 7.53. The molecule has 0 saturated heterocycles. The molecule has 1 amide bonds. The lowest BCUT2D eigenvalue weighted by molar-refractivity contribution is -0.151. The van der Waals surface area contributed by atoms with E-state index >= 15 is 0 Å². The van der Waals surface area contributed by atoms with Crippen molar-refractivity contribution in [3.63, 3.8) is 0 Å². The summed E-state index contributed by atoms with van der Waals surface area (Å²) >= 11 is 0. The van der Waals surface area contributed by atoms with E-state index in [-0.39, 0.29) is 30.5 Å². The van der Waals surface area contributed by atoms with Crippen LogP contribution in [-0.2, 0) is 9.53 Å². The Labute approximate surface area is 139 Å². The van der Waals surface area contributed by atoms with Crippen molar-refractivity contribution >= 4 is 17.8 Å². The third-order valence-electron chi connectivity index (χ3n) is 3.17. The van der Waals surface area contributed by atoms with Gasteiger partial charge in [-0.25, -0.2) is 0 Å². The maximum Gasteiger partial charge on any atom is 0.310 e. The normalized spacial score (nSPS) is 12.0. The highest BCUT2D eigenvalue weighted by atomic mass is 16.5. The second-order valence-electron chi connectivity index (χ2n) is 5.60. The largest absolute Gasteiger partial charge is 0.463 e. The van der Waals surface area contributed by atoms with Gasteiger partial charge >= 0.3 is 5.97 Å². The van der Waals surface area contributed by atoms with Gasteiger partial charge in [0.15, 0.2) is 0 Å². The topological polar surface area (TPSA) is 125 Å². The van der Waals surface area contributed by atoms with Crippen molar-refractivity contribution in [2.75, 3.05) is 12.3 Å². The van der Waals surface area contributed by atoms with Gasteiger partial charge in [-0.3, -0.25) is 9.59 Å². The summed E-state index contributed by atoms with van der Waals surface area (Å²) in [7, 11) is 0. The number of hydrogen-bond acceptors (Lipinski definition) is 7. The van der Waals surface area contributed by atoms with Crippen LogP contribution in [0.4, 0.5) is 5.95 Å². The first kappa shape index (κ1) is 17.4. The average Bonchev–Trinajstić information content (AvgIpc) is 2.97. The lowest BCUT2D eigenvalue weighted by atomic mass is 10.1. The van der Waals surface area contributed by atoms with Crippen LogP contribution in [0.5, 0.6) is 0 Å².